The van der Waals surface area contributed by atoms with E-state index in [0.29, 0.717) is 35.6 Å². The lowest BCUT2D eigenvalue weighted by Gasteiger charge is -2.30. The van der Waals surface area contributed by atoms with Gasteiger partial charge in [0.05, 0.1) is 32.8 Å². The molecule has 1 aromatic heterocycles. The predicted octanol–water partition coefficient (Wildman–Crippen LogP) is 3.00. The fourth-order valence-corrected chi connectivity index (χ4v) is 5.41. The van der Waals surface area contributed by atoms with Crippen molar-refractivity contribution in [2.75, 3.05) is 18.4 Å². The molecule has 2 heterocycles. The summed E-state index contributed by atoms with van der Waals surface area (Å²) in [5.41, 5.74) is 1.54. The molecule has 0 aliphatic carbocycles. The highest BCUT2D eigenvalue weighted by Crippen LogP contribution is 2.26. The minimum atomic E-state index is -3.71. The van der Waals surface area contributed by atoms with E-state index in [2.05, 4.69) is 10.4 Å². The highest BCUT2D eigenvalue weighted by Gasteiger charge is 2.32. The molecule has 1 aliphatic rings. The Bertz CT molecular complexity index is 1400. The van der Waals surface area contributed by atoms with Gasteiger partial charge in [-0.25, -0.2) is 13.1 Å². The first-order chi connectivity index (χ1) is 16.7. The molecule has 0 bridgehead atoms. The second-order valence-electron chi connectivity index (χ2n) is 8.16. The molecule has 1 saturated heterocycles. The highest BCUT2D eigenvalue weighted by atomic mass is 32.2. The predicted molar refractivity (Wildman–Crippen MR) is 126 cm³/mol. The van der Waals surface area contributed by atoms with Crippen LogP contribution < -0.4 is 5.32 Å². The quantitative estimate of drug-likeness (QED) is 0.408. The minimum Gasteiger partial charge on any atom is -0.310 e. The van der Waals surface area contributed by atoms with Crippen LogP contribution in [0.3, 0.4) is 0 Å². The summed E-state index contributed by atoms with van der Waals surface area (Å²) < 4.78 is 28.7. The molecule has 1 N–H and O–H groups in total. The van der Waals surface area contributed by atoms with Gasteiger partial charge in [-0.2, -0.15) is 14.7 Å². The summed E-state index contributed by atoms with van der Waals surface area (Å²) >= 11 is 0. The van der Waals surface area contributed by atoms with Gasteiger partial charge in [0.25, 0.3) is 5.69 Å². The van der Waals surface area contributed by atoms with E-state index in [0.717, 1.165) is 0 Å². The highest BCUT2D eigenvalue weighted by molar-refractivity contribution is 7.89. The standard InChI is InChI=1S/C23H22N6O5S/c1-16-14-22(28(26-16)19-4-6-20(7-5-19)29(31)32)25-23(30)18-10-12-27(13-11-18)35(33,34)21-8-2-17(15-24)3-9-21/h2-9,14,18H,10-13H2,1H3,(H,25,30). The summed E-state index contributed by atoms with van der Waals surface area (Å²) in [5.74, 6) is -0.208. The first-order valence-corrected chi connectivity index (χ1v) is 12.3. The lowest BCUT2D eigenvalue weighted by molar-refractivity contribution is -0.384. The molecule has 12 heteroatoms. The van der Waals surface area contributed by atoms with Gasteiger partial charge in [-0.3, -0.25) is 14.9 Å². The van der Waals surface area contributed by atoms with Crippen LogP contribution in [0.4, 0.5) is 11.5 Å². The van der Waals surface area contributed by atoms with E-state index in [1.807, 2.05) is 6.07 Å². The Morgan fingerprint density at radius 1 is 1.14 bits per heavy atom. The molecule has 0 spiro atoms. The monoisotopic (exact) mass is 494 g/mol. The number of rotatable bonds is 6. The molecule has 1 aliphatic heterocycles. The Labute approximate surface area is 201 Å². The second-order valence-corrected chi connectivity index (χ2v) is 10.1. The van der Waals surface area contributed by atoms with Crippen molar-refractivity contribution in [3.05, 3.63) is 76.0 Å². The molecule has 0 atom stereocenters. The van der Waals surface area contributed by atoms with Crippen molar-refractivity contribution >= 4 is 27.4 Å². The van der Waals surface area contributed by atoms with Gasteiger partial charge in [0, 0.05) is 37.2 Å². The van der Waals surface area contributed by atoms with Gasteiger partial charge in [-0.05, 0) is 56.2 Å². The number of aromatic nitrogens is 2. The van der Waals surface area contributed by atoms with Crippen LogP contribution in [0.15, 0.2) is 59.5 Å². The van der Waals surface area contributed by atoms with Gasteiger partial charge in [0.2, 0.25) is 15.9 Å². The average Bonchev–Trinajstić information content (AvgIpc) is 3.23. The molecular weight excluding hydrogens is 472 g/mol. The summed E-state index contributed by atoms with van der Waals surface area (Å²) in [6.07, 6.45) is 0.706. The molecule has 1 amide bonds. The van der Waals surface area contributed by atoms with Gasteiger partial charge < -0.3 is 5.32 Å². The van der Waals surface area contributed by atoms with Gasteiger partial charge in [-0.1, -0.05) is 0 Å². The molecule has 0 radical (unpaired) electrons. The van der Waals surface area contributed by atoms with Gasteiger partial charge in [0.1, 0.15) is 5.82 Å². The fraction of sp³-hybridized carbons (Fsp3) is 0.261. The maximum absolute atomic E-state index is 13.0. The van der Waals surface area contributed by atoms with Crippen LogP contribution in [0.25, 0.3) is 5.69 Å². The number of anilines is 1. The number of hydrogen-bond acceptors (Lipinski definition) is 7. The van der Waals surface area contributed by atoms with Crippen molar-refractivity contribution in [1.29, 1.82) is 5.26 Å². The molecule has 11 nitrogen and oxygen atoms in total. The molecule has 180 valence electrons. The Balaban J connectivity index is 1.42. The van der Waals surface area contributed by atoms with Crippen molar-refractivity contribution in [3.8, 4) is 11.8 Å². The number of nitro groups is 1. The Hall–Kier alpha value is -4.08. The number of carbonyl (C=O) groups is 1. The van der Waals surface area contributed by atoms with Gasteiger partial charge in [-0.15, -0.1) is 0 Å². The van der Waals surface area contributed by atoms with E-state index < -0.39 is 14.9 Å². The van der Waals surface area contributed by atoms with E-state index >= 15 is 0 Å². The van der Waals surface area contributed by atoms with Crippen molar-refractivity contribution < 1.29 is 18.1 Å². The number of piperidine rings is 1. The maximum atomic E-state index is 13.0. The van der Waals surface area contributed by atoms with Gasteiger partial charge >= 0.3 is 0 Å². The molecule has 0 unspecified atom stereocenters. The minimum absolute atomic E-state index is 0.0501. The number of aryl methyl sites for hydroxylation is 1. The number of amides is 1. The largest absolute Gasteiger partial charge is 0.310 e. The summed E-state index contributed by atoms with van der Waals surface area (Å²) in [4.78, 5) is 23.5. The number of hydrogen-bond donors (Lipinski definition) is 1. The Morgan fingerprint density at radius 3 is 2.34 bits per heavy atom. The van der Waals surface area contributed by atoms with E-state index in [1.54, 1.807) is 25.1 Å². The van der Waals surface area contributed by atoms with Crippen molar-refractivity contribution in [3.63, 3.8) is 0 Å². The first-order valence-electron chi connectivity index (χ1n) is 10.8. The van der Waals surface area contributed by atoms with E-state index in [9.17, 15) is 23.3 Å². The number of nitrogens with one attached hydrogen (secondary N) is 1. The summed E-state index contributed by atoms with van der Waals surface area (Å²) in [7, 11) is -3.71. The molecule has 4 rings (SSSR count). The van der Waals surface area contributed by atoms with Crippen LogP contribution in [0.5, 0.6) is 0 Å². The van der Waals surface area contributed by atoms with E-state index in [-0.39, 0.29) is 35.5 Å². The first kappa shape index (κ1) is 24.1. The summed E-state index contributed by atoms with van der Waals surface area (Å²) in [5, 5.41) is 27.0. The SMILES string of the molecule is Cc1cc(NC(=O)C2CCN(S(=O)(=O)c3ccc(C#N)cc3)CC2)n(-c2ccc([N+](=O)[O-])cc2)n1. The van der Waals surface area contributed by atoms with Crippen molar-refractivity contribution in [1.82, 2.24) is 14.1 Å². The van der Waals surface area contributed by atoms with Crippen molar-refractivity contribution in [2.24, 2.45) is 5.92 Å². The number of sulfonamides is 1. The molecule has 0 saturated carbocycles. The van der Waals surface area contributed by atoms with Crippen molar-refractivity contribution in [2.45, 2.75) is 24.7 Å². The number of nitrogens with zero attached hydrogens (tertiary/aromatic N) is 5. The lowest BCUT2D eigenvalue weighted by atomic mass is 9.97. The third-order valence-corrected chi connectivity index (χ3v) is 7.75. The van der Waals surface area contributed by atoms with Crippen LogP contribution in [0, 0.1) is 34.3 Å². The third-order valence-electron chi connectivity index (χ3n) is 5.83. The topological polar surface area (TPSA) is 151 Å². The normalized spacial score (nSPS) is 14.9. The summed E-state index contributed by atoms with van der Waals surface area (Å²) in [6.45, 7) is 2.16. The zero-order valence-corrected chi connectivity index (χ0v) is 19.6. The second kappa shape index (κ2) is 9.65. The fourth-order valence-electron chi connectivity index (χ4n) is 3.94. The molecule has 1 fully saturated rings. The zero-order valence-electron chi connectivity index (χ0n) is 18.8. The number of carbonyl (C=O) groups excluding carboxylic acids is 1. The lowest BCUT2D eigenvalue weighted by Crippen LogP contribution is -2.41. The molecule has 3 aromatic rings. The third kappa shape index (κ3) is 5.06. The zero-order chi connectivity index (χ0) is 25.2. The average molecular weight is 495 g/mol. The van der Waals surface area contributed by atoms with E-state index in [1.165, 1.54) is 45.4 Å². The summed E-state index contributed by atoms with van der Waals surface area (Å²) in [6, 6.07) is 15.2. The number of benzene rings is 2. The maximum Gasteiger partial charge on any atom is 0.269 e. The van der Waals surface area contributed by atoms with Crippen LogP contribution in [0.1, 0.15) is 24.1 Å². The van der Waals surface area contributed by atoms with Crippen LogP contribution >= 0.6 is 0 Å². The molecule has 35 heavy (non-hydrogen) atoms. The number of nitriles is 1. The van der Waals surface area contributed by atoms with Crippen LogP contribution in [-0.2, 0) is 14.8 Å². The van der Waals surface area contributed by atoms with Gasteiger partial charge in [0.15, 0.2) is 0 Å². The molecular formula is C23H22N6O5S. The van der Waals surface area contributed by atoms with Crippen LogP contribution in [-0.4, -0.2) is 46.4 Å². The van der Waals surface area contributed by atoms with Crippen LogP contribution in [0.2, 0.25) is 0 Å². The number of non-ortho nitro benzene ring substituents is 1. The molecule has 2 aromatic carbocycles. The Morgan fingerprint density at radius 2 is 1.77 bits per heavy atom. The van der Waals surface area contributed by atoms with E-state index in [4.69, 9.17) is 5.26 Å². The smallest absolute Gasteiger partial charge is 0.269 e. The Kier molecular flexibility index (Phi) is 6.63. The number of nitro benzene ring substituents is 1.